The van der Waals surface area contributed by atoms with Gasteiger partial charge in [0.2, 0.25) is 0 Å². The fourth-order valence-electron chi connectivity index (χ4n) is 2.08. The number of benzene rings is 1. The van der Waals surface area contributed by atoms with E-state index in [1.54, 1.807) is 13.3 Å². The van der Waals surface area contributed by atoms with Crippen molar-refractivity contribution in [3.8, 4) is 17.0 Å². The third-order valence-electron chi connectivity index (χ3n) is 2.84. The molecule has 0 amide bonds. The number of aromatic amines is 1. The number of nitrogens with one attached hydrogen (secondary N) is 1. The molecule has 0 spiro atoms. The molecule has 18 heavy (non-hydrogen) atoms. The number of nitrogens with zero attached hydrogens (tertiary/aromatic N) is 1. The lowest BCUT2D eigenvalue weighted by Crippen LogP contribution is -2.03. The third-order valence-corrected chi connectivity index (χ3v) is 3.06. The van der Waals surface area contributed by atoms with Gasteiger partial charge < -0.3 is 10.5 Å². The van der Waals surface area contributed by atoms with Crippen molar-refractivity contribution in [2.75, 3.05) is 13.7 Å². The zero-order valence-electron chi connectivity index (χ0n) is 10.5. The first-order valence-electron chi connectivity index (χ1n) is 5.74. The highest BCUT2D eigenvalue weighted by molar-refractivity contribution is 6.31. The summed E-state index contributed by atoms with van der Waals surface area (Å²) in [5, 5.41) is 7.74. The molecule has 0 aliphatic rings. The molecule has 0 atom stereocenters. The Hall–Kier alpha value is -1.52. The third kappa shape index (κ3) is 2.35. The van der Waals surface area contributed by atoms with Crippen LogP contribution in [0, 0.1) is 6.92 Å². The van der Waals surface area contributed by atoms with Crippen LogP contribution in [0.5, 0.6) is 5.75 Å². The maximum Gasteiger partial charge on any atom is 0.131 e. The Balaban J connectivity index is 2.58. The van der Waals surface area contributed by atoms with Crippen LogP contribution in [0.2, 0.25) is 5.02 Å². The minimum atomic E-state index is 0.578. The molecule has 0 unspecified atom stereocenters. The molecule has 3 N–H and O–H groups in total. The highest BCUT2D eigenvalue weighted by Crippen LogP contribution is 2.36. The van der Waals surface area contributed by atoms with Crippen molar-refractivity contribution >= 4 is 11.6 Å². The van der Waals surface area contributed by atoms with Crippen LogP contribution in [0.1, 0.15) is 11.1 Å². The second kappa shape index (κ2) is 5.42. The van der Waals surface area contributed by atoms with Gasteiger partial charge in [0.25, 0.3) is 0 Å². The Morgan fingerprint density at radius 2 is 2.22 bits per heavy atom. The monoisotopic (exact) mass is 265 g/mol. The fraction of sp³-hybridized carbons (Fsp3) is 0.308. The molecule has 4 nitrogen and oxygen atoms in total. The topological polar surface area (TPSA) is 63.9 Å². The number of methoxy groups -OCH3 is 1. The van der Waals surface area contributed by atoms with E-state index >= 15 is 0 Å². The zero-order valence-corrected chi connectivity index (χ0v) is 11.2. The first-order valence-corrected chi connectivity index (χ1v) is 6.12. The van der Waals surface area contributed by atoms with Crippen molar-refractivity contribution in [1.29, 1.82) is 0 Å². The van der Waals surface area contributed by atoms with Crippen LogP contribution in [0.15, 0.2) is 18.3 Å². The first kappa shape index (κ1) is 12.9. The van der Waals surface area contributed by atoms with Crippen molar-refractivity contribution in [2.24, 2.45) is 5.73 Å². The lowest BCUT2D eigenvalue weighted by atomic mass is 10.0. The molecule has 0 aliphatic heterocycles. The van der Waals surface area contributed by atoms with E-state index in [0.717, 1.165) is 34.6 Å². The molecule has 5 heteroatoms. The van der Waals surface area contributed by atoms with Crippen molar-refractivity contribution < 1.29 is 4.74 Å². The normalized spacial score (nSPS) is 10.7. The van der Waals surface area contributed by atoms with E-state index in [1.165, 1.54) is 0 Å². The maximum absolute atomic E-state index is 6.11. The van der Waals surface area contributed by atoms with E-state index in [1.807, 2.05) is 19.1 Å². The Morgan fingerprint density at radius 1 is 1.44 bits per heavy atom. The van der Waals surface area contributed by atoms with Gasteiger partial charge in [0.05, 0.1) is 19.0 Å². The molecule has 0 saturated heterocycles. The summed E-state index contributed by atoms with van der Waals surface area (Å²) in [4.78, 5) is 0. The largest absolute Gasteiger partial charge is 0.496 e. The summed E-state index contributed by atoms with van der Waals surface area (Å²) in [5.41, 5.74) is 9.50. The fourth-order valence-corrected chi connectivity index (χ4v) is 2.35. The van der Waals surface area contributed by atoms with Crippen LogP contribution >= 0.6 is 11.6 Å². The van der Waals surface area contributed by atoms with Crippen LogP contribution in [0.3, 0.4) is 0 Å². The number of aromatic nitrogens is 2. The summed E-state index contributed by atoms with van der Waals surface area (Å²) in [6.07, 6.45) is 2.55. The quantitative estimate of drug-likeness (QED) is 0.893. The van der Waals surface area contributed by atoms with Gasteiger partial charge in [0, 0.05) is 10.6 Å². The van der Waals surface area contributed by atoms with Gasteiger partial charge in [-0.3, -0.25) is 5.10 Å². The summed E-state index contributed by atoms with van der Waals surface area (Å²) in [5.74, 6) is 0.807. The van der Waals surface area contributed by atoms with Gasteiger partial charge >= 0.3 is 0 Å². The number of rotatable bonds is 4. The number of nitrogens with two attached hydrogens (primary N) is 1. The molecule has 1 heterocycles. The van der Waals surface area contributed by atoms with Crippen molar-refractivity contribution in [3.05, 3.63) is 34.5 Å². The second-order valence-corrected chi connectivity index (χ2v) is 4.55. The van der Waals surface area contributed by atoms with Gasteiger partial charge in [-0.1, -0.05) is 11.6 Å². The van der Waals surface area contributed by atoms with Crippen LogP contribution in [0.4, 0.5) is 0 Å². The molecule has 0 radical (unpaired) electrons. The molecule has 2 aromatic rings. The summed E-state index contributed by atoms with van der Waals surface area (Å²) in [6.45, 7) is 2.54. The Labute approximate surface area is 111 Å². The van der Waals surface area contributed by atoms with E-state index in [-0.39, 0.29) is 0 Å². The second-order valence-electron chi connectivity index (χ2n) is 4.11. The number of ether oxygens (including phenoxy) is 1. The minimum absolute atomic E-state index is 0.578. The predicted octanol–water partition coefficient (Wildman–Crippen LogP) is 2.55. The molecule has 2 rings (SSSR count). The predicted molar refractivity (Wildman–Crippen MR) is 73.1 cm³/mol. The summed E-state index contributed by atoms with van der Waals surface area (Å²) in [7, 11) is 1.65. The molecule has 0 aliphatic carbocycles. The van der Waals surface area contributed by atoms with E-state index in [2.05, 4.69) is 10.2 Å². The number of hydrogen-bond acceptors (Lipinski definition) is 3. The maximum atomic E-state index is 6.11. The van der Waals surface area contributed by atoms with Crippen LogP contribution in [0.25, 0.3) is 11.3 Å². The van der Waals surface area contributed by atoms with Gasteiger partial charge in [0.15, 0.2) is 0 Å². The first-order chi connectivity index (χ1) is 8.67. The Morgan fingerprint density at radius 3 is 2.89 bits per heavy atom. The van der Waals surface area contributed by atoms with Crippen molar-refractivity contribution in [1.82, 2.24) is 10.2 Å². The standard InChI is InChI=1S/C13H16ClN3O/c1-8-5-10(14)6-11(13(8)18-2)12-9(3-4-15)7-16-17-12/h5-7H,3-4,15H2,1-2H3,(H,16,17). The molecule has 96 valence electrons. The van der Waals surface area contributed by atoms with Crippen LogP contribution < -0.4 is 10.5 Å². The Bertz CT molecular complexity index is 551. The van der Waals surface area contributed by atoms with E-state index < -0.39 is 0 Å². The van der Waals surface area contributed by atoms with E-state index in [9.17, 15) is 0 Å². The highest BCUT2D eigenvalue weighted by atomic mass is 35.5. The molecular formula is C13H16ClN3O. The summed E-state index contributed by atoms with van der Waals surface area (Å²) >= 11 is 6.11. The van der Waals surface area contributed by atoms with Crippen LogP contribution in [-0.4, -0.2) is 23.9 Å². The lowest BCUT2D eigenvalue weighted by Gasteiger charge is -2.12. The minimum Gasteiger partial charge on any atom is -0.496 e. The van der Waals surface area contributed by atoms with Crippen molar-refractivity contribution in [3.63, 3.8) is 0 Å². The number of H-pyrrole nitrogens is 1. The highest BCUT2D eigenvalue weighted by Gasteiger charge is 2.15. The summed E-state index contributed by atoms with van der Waals surface area (Å²) < 4.78 is 5.45. The molecular weight excluding hydrogens is 250 g/mol. The molecule has 0 bridgehead atoms. The molecule has 0 saturated carbocycles. The molecule has 1 aromatic carbocycles. The number of aryl methyl sites for hydroxylation is 1. The lowest BCUT2D eigenvalue weighted by molar-refractivity contribution is 0.413. The van der Waals surface area contributed by atoms with Crippen LogP contribution in [-0.2, 0) is 6.42 Å². The smallest absolute Gasteiger partial charge is 0.131 e. The average molecular weight is 266 g/mol. The Kier molecular flexibility index (Phi) is 3.89. The van der Waals surface area contributed by atoms with E-state index in [4.69, 9.17) is 22.1 Å². The zero-order chi connectivity index (χ0) is 13.1. The number of hydrogen-bond donors (Lipinski definition) is 2. The van der Waals surface area contributed by atoms with Gasteiger partial charge in [-0.15, -0.1) is 0 Å². The van der Waals surface area contributed by atoms with Gasteiger partial charge in [-0.2, -0.15) is 5.10 Å². The molecule has 1 aromatic heterocycles. The van der Waals surface area contributed by atoms with E-state index in [0.29, 0.717) is 11.6 Å². The van der Waals surface area contributed by atoms with Gasteiger partial charge in [-0.05, 0) is 43.1 Å². The molecule has 0 fully saturated rings. The van der Waals surface area contributed by atoms with Gasteiger partial charge in [0.1, 0.15) is 5.75 Å². The van der Waals surface area contributed by atoms with Gasteiger partial charge in [-0.25, -0.2) is 0 Å². The number of halogens is 1. The summed E-state index contributed by atoms with van der Waals surface area (Å²) in [6, 6.07) is 3.75. The SMILES string of the molecule is COc1c(C)cc(Cl)cc1-c1[nH]ncc1CCN. The average Bonchev–Trinajstić information content (AvgIpc) is 2.76. The van der Waals surface area contributed by atoms with Crippen molar-refractivity contribution in [2.45, 2.75) is 13.3 Å².